The molecule has 2 heteroatoms. The predicted molar refractivity (Wildman–Crippen MR) is 82.3 cm³/mol. The number of rotatable bonds is 1. The van der Waals surface area contributed by atoms with Crippen molar-refractivity contribution in [1.82, 2.24) is 0 Å². The lowest BCUT2D eigenvalue weighted by Crippen LogP contribution is -2.02. The van der Waals surface area contributed by atoms with E-state index >= 15 is 0 Å². The van der Waals surface area contributed by atoms with Crippen molar-refractivity contribution in [3.63, 3.8) is 0 Å². The Kier molecular flexibility index (Phi) is 2.81. The maximum atomic E-state index is 8.82. The second kappa shape index (κ2) is 4.63. The standard InChI is InChI=1S/C17H12BN/c18-17-3-1-2-15-10-14(8-9-16(15)17)13-6-4-12(11-19)5-7-13/h1-10H,18H2. The van der Waals surface area contributed by atoms with Crippen LogP contribution in [-0.2, 0) is 0 Å². The van der Waals surface area contributed by atoms with Gasteiger partial charge in [0.05, 0.1) is 11.6 Å². The monoisotopic (exact) mass is 241 g/mol. The molecular formula is C17H12BN. The van der Waals surface area contributed by atoms with Crippen molar-refractivity contribution in [2.75, 3.05) is 0 Å². The van der Waals surface area contributed by atoms with Crippen molar-refractivity contribution in [2.45, 2.75) is 0 Å². The molecule has 3 aromatic rings. The average molecular weight is 241 g/mol. The molecule has 0 spiro atoms. The second-order valence-electron chi connectivity index (χ2n) is 4.70. The minimum atomic E-state index is 0.695. The minimum Gasteiger partial charge on any atom is -0.192 e. The van der Waals surface area contributed by atoms with Gasteiger partial charge in [0, 0.05) is 0 Å². The van der Waals surface area contributed by atoms with Crippen LogP contribution in [0, 0.1) is 11.3 Å². The lowest BCUT2D eigenvalue weighted by atomic mass is 9.89. The van der Waals surface area contributed by atoms with Gasteiger partial charge in [0.2, 0.25) is 0 Å². The molecule has 0 aliphatic rings. The minimum absolute atomic E-state index is 0.695. The molecule has 0 aliphatic heterocycles. The van der Waals surface area contributed by atoms with Crippen LogP contribution in [0.25, 0.3) is 21.9 Å². The maximum Gasteiger partial charge on any atom is 0.140 e. The summed E-state index contributed by atoms with van der Waals surface area (Å²) >= 11 is 0. The summed E-state index contributed by atoms with van der Waals surface area (Å²) in [6, 6.07) is 22.7. The van der Waals surface area contributed by atoms with Crippen LogP contribution in [0.2, 0.25) is 0 Å². The van der Waals surface area contributed by atoms with Gasteiger partial charge in [-0.1, -0.05) is 47.9 Å². The van der Waals surface area contributed by atoms with Crippen LogP contribution in [0.4, 0.5) is 0 Å². The molecule has 0 saturated heterocycles. The second-order valence-corrected chi connectivity index (χ2v) is 4.70. The van der Waals surface area contributed by atoms with Gasteiger partial charge in [-0.25, -0.2) is 0 Å². The van der Waals surface area contributed by atoms with Gasteiger partial charge < -0.3 is 0 Å². The molecule has 0 fully saturated rings. The fraction of sp³-hybridized carbons (Fsp3) is 0. The van der Waals surface area contributed by atoms with Crippen molar-refractivity contribution < 1.29 is 0 Å². The lowest BCUT2D eigenvalue weighted by molar-refractivity contribution is 1.48. The van der Waals surface area contributed by atoms with Crippen LogP contribution < -0.4 is 5.46 Å². The van der Waals surface area contributed by atoms with E-state index in [1.54, 1.807) is 0 Å². The average Bonchev–Trinajstić information content (AvgIpc) is 2.47. The molecule has 0 saturated carbocycles. The van der Waals surface area contributed by atoms with E-state index in [1.165, 1.54) is 21.8 Å². The molecule has 0 heterocycles. The third kappa shape index (κ3) is 2.11. The zero-order valence-corrected chi connectivity index (χ0v) is 10.7. The molecule has 0 amide bonds. The molecule has 0 N–H and O–H groups in total. The summed E-state index contributed by atoms with van der Waals surface area (Å²) < 4.78 is 0. The van der Waals surface area contributed by atoms with Gasteiger partial charge in [-0.15, -0.1) is 0 Å². The van der Waals surface area contributed by atoms with Crippen molar-refractivity contribution >= 4 is 24.1 Å². The molecule has 3 rings (SSSR count). The van der Waals surface area contributed by atoms with Crippen LogP contribution >= 0.6 is 0 Å². The zero-order valence-electron chi connectivity index (χ0n) is 10.7. The highest BCUT2D eigenvalue weighted by atomic mass is 14.2. The number of benzene rings is 3. The van der Waals surface area contributed by atoms with Gasteiger partial charge in [-0.3, -0.25) is 0 Å². The van der Waals surface area contributed by atoms with Gasteiger partial charge in [0.1, 0.15) is 7.85 Å². The van der Waals surface area contributed by atoms with E-state index in [4.69, 9.17) is 5.26 Å². The number of hydrogen-bond donors (Lipinski definition) is 0. The molecule has 0 radical (unpaired) electrons. The van der Waals surface area contributed by atoms with Crippen LogP contribution in [0.15, 0.2) is 60.7 Å². The van der Waals surface area contributed by atoms with E-state index in [0.717, 1.165) is 5.56 Å². The fourth-order valence-corrected chi connectivity index (χ4v) is 2.36. The first-order valence-electron chi connectivity index (χ1n) is 6.28. The molecule has 0 bridgehead atoms. The largest absolute Gasteiger partial charge is 0.192 e. The number of nitriles is 1. The summed E-state index contributed by atoms with van der Waals surface area (Å²) in [5.41, 5.74) is 4.31. The van der Waals surface area contributed by atoms with Gasteiger partial charge >= 0.3 is 0 Å². The van der Waals surface area contributed by atoms with Crippen molar-refractivity contribution in [3.05, 3.63) is 66.2 Å². The Bertz CT molecular complexity index is 782. The van der Waals surface area contributed by atoms with Crippen LogP contribution in [-0.4, -0.2) is 7.85 Å². The smallest absolute Gasteiger partial charge is 0.140 e. The highest BCUT2D eigenvalue weighted by molar-refractivity contribution is 6.38. The molecule has 0 unspecified atom stereocenters. The third-order valence-electron chi connectivity index (χ3n) is 3.45. The summed E-state index contributed by atoms with van der Waals surface area (Å²) in [6.07, 6.45) is 0. The molecule has 88 valence electrons. The highest BCUT2D eigenvalue weighted by Gasteiger charge is 2.01. The highest BCUT2D eigenvalue weighted by Crippen LogP contribution is 2.23. The van der Waals surface area contributed by atoms with Crippen molar-refractivity contribution in [1.29, 1.82) is 5.26 Å². The van der Waals surface area contributed by atoms with E-state index in [1.807, 2.05) is 24.3 Å². The molecule has 3 aromatic carbocycles. The molecule has 19 heavy (non-hydrogen) atoms. The van der Waals surface area contributed by atoms with Gasteiger partial charge in [-0.05, 0) is 40.1 Å². The van der Waals surface area contributed by atoms with E-state index in [-0.39, 0.29) is 0 Å². The zero-order chi connectivity index (χ0) is 13.2. The number of nitrogens with zero attached hydrogens (tertiary/aromatic N) is 1. The van der Waals surface area contributed by atoms with Crippen LogP contribution in [0.1, 0.15) is 5.56 Å². The van der Waals surface area contributed by atoms with E-state index in [9.17, 15) is 0 Å². The van der Waals surface area contributed by atoms with Gasteiger partial charge in [-0.2, -0.15) is 5.26 Å². The molecule has 0 aliphatic carbocycles. The first kappa shape index (κ1) is 11.6. The summed E-state index contributed by atoms with van der Waals surface area (Å²) in [5.74, 6) is 0. The summed E-state index contributed by atoms with van der Waals surface area (Å²) in [5, 5.41) is 11.4. The quantitative estimate of drug-likeness (QED) is 0.601. The number of fused-ring (bicyclic) bond motifs is 1. The van der Waals surface area contributed by atoms with Gasteiger partial charge in [0.25, 0.3) is 0 Å². The molecule has 1 nitrogen and oxygen atoms in total. The fourth-order valence-electron chi connectivity index (χ4n) is 2.36. The first-order valence-corrected chi connectivity index (χ1v) is 6.28. The summed E-state index contributed by atoms with van der Waals surface area (Å²) in [6.45, 7) is 0. The van der Waals surface area contributed by atoms with E-state index < -0.39 is 0 Å². The van der Waals surface area contributed by atoms with Crippen molar-refractivity contribution in [3.8, 4) is 17.2 Å². The Labute approximate surface area is 113 Å². The topological polar surface area (TPSA) is 23.8 Å². The first-order chi connectivity index (χ1) is 9.28. The van der Waals surface area contributed by atoms with Crippen molar-refractivity contribution in [2.24, 2.45) is 0 Å². The SMILES string of the molecule is Bc1cccc2cc(-c3ccc(C#N)cc3)ccc12. The van der Waals surface area contributed by atoms with Crippen LogP contribution in [0.3, 0.4) is 0 Å². The number of hydrogen-bond acceptors (Lipinski definition) is 1. The lowest BCUT2D eigenvalue weighted by Gasteiger charge is -2.06. The molecular weight excluding hydrogens is 229 g/mol. The van der Waals surface area contributed by atoms with E-state index in [0.29, 0.717) is 5.56 Å². The molecule has 0 aromatic heterocycles. The third-order valence-corrected chi connectivity index (χ3v) is 3.45. The summed E-state index contributed by atoms with van der Waals surface area (Å²) in [7, 11) is 2.13. The van der Waals surface area contributed by atoms with E-state index in [2.05, 4.69) is 50.3 Å². The Balaban J connectivity index is 2.12. The Morgan fingerprint density at radius 3 is 2.32 bits per heavy atom. The predicted octanol–water partition coefficient (Wildman–Crippen LogP) is 2.64. The molecule has 0 atom stereocenters. The Morgan fingerprint density at radius 2 is 1.58 bits per heavy atom. The maximum absolute atomic E-state index is 8.82. The normalized spacial score (nSPS) is 10.3. The Morgan fingerprint density at radius 1 is 0.842 bits per heavy atom. The Hall–Kier alpha value is -2.53. The van der Waals surface area contributed by atoms with Crippen LogP contribution in [0.5, 0.6) is 0 Å². The summed E-state index contributed by atoms with van der Waals surface area (Å²) in [4.78, 5) is 0. The van der Waals surface area contributed by atoms with Gasteiger partial charge in [0.15, 0.2) is 0 Å².